The minimum Gasteiger partial charge on any atom is -0.314 e. The second-order valence-corrected chi connectivity index (χ2v) is 4.71. The lowest BCUT2D eigenvalue weighted by atomic mass is 9.96. The third-order valence-electron chi connectivity index (χ3n) is 2.73. The lowest BCUT2D eigenvalue weighted by Gasteiger charge is -2.18. The monoisotopic (exact) mass is 199 g/mol. The molecule has 0 fully saturated rings. The van der Waals surface area contributed by atoms with Gasteiger partial charge in [-0.3, -0.25) is 0 Å². The Kier molecular flexibility index (Phi) is 9.49. The first-order valence-corrected chi connectivity index (χ1v) is 6.44. The molecule has 0 aromatic rings. The van der Waals surface area contributed by atoms with Gasteiger partial charge in [-0.25, -0.2) is 0 Å². The molecule has 86 valence electrons. The summed E-state index contributed by atoms with van der Waals surface area (Å²) < 4.78 is 0. The second-order valence-electron chi connectivity index (χ2n) is 4.71. The fourth-order valence-electron chi connectivity index (χ4n) is 1.84. The summed E-state index contributed by atoms with van der Waals surface area (Å²) in [7, 11) is 0. The average molecular weight is 199 g/mol. The molecule has 0 aliphatic rings. The molecule has 0 rings (SSSR count). The standard InChI is InChI=1S/C13H29N/c1-5-7-8-10-13(9-6-2)11-14-12(3)4/h12-14H,5-11H2,1-4H3. The Morgan fingerprint density at radius 1 is 0.929 bits per heavy atom. The number of hydrogen-bond donors (Lipinski definition) is 1. The van der Waals surface area contributed by atoms with Crippen molar-refractivity contribution in [2.45, 2.75) is 72.3 Å². The van der Waals surface area contributed by atoms with Crippen LogP contribution < -0.4 is 5.32 Å². The van der Waals surface area contributed by atoms with E-state index in [1.807, 2.05) is 0 Å². The Morgan fingerprint density at radius 3 is 2.14 bits per heavy atom. The molecule has 1 nitrogen and oxygen atoms in total. The highest BCUT2D eigenvalue weighted by Crippen LogP contribution is 2.14. The molecule has 0 aliphatic carbocycles. The van der Waals surface area contributed by atoms with E-state index in [1.54, 1.807) is 0 Å². The van der Waals surface area contributed by atoms with Crippen LogP contribution in [0.2, 0.25) is 0 Å². The zero-order valence-electron chi connectivity index (χ0n) is 10.6. The van der Waals surface area contributed by atoms with E-state index in [2.05, 4.69) is 33.0 Å². The van der Waals surface area contributed by atoms with Crippen LogP contribution in [0.25, 0.3) is 0 Å². The van der Waals surface area contributed by atoms with Crippen molar-refractivity contribution in [1.82, 2.24) is 5.32 Å². The Hall–Kier alpha value is -0.0400. The third kappa shape index (κ3) is 8.55. The van der Waals surface area contributed by atoms with Crippen molar-refractivity contribution in [3.05, 3.63) is 0 Å². The molecule has 0 aromatic heterocycles. The van der Waals surface area contributed by atoms with E-state index in [0.717, 1.165) is 5.92 Å². The number of rotatable bonds is 9. The minimum absolute atomic E-state index is 0.639. The summed E-state index contributed by atoms with van der Waals surface area (Å²) in [5.74, 6) is 0.911. The molecule has 0 heterocycles. The number of hydrogen-bond acceptors (Lipinski definition) is 1. The maximum atomic E-state index is 3.56. The van der Waals surface area contributed by atoms with Gasteiger partial charge in [0.2, 0.25) is 0 Å². The first-order chi connectivity index (χ1) is 6.70. The van der Waals surface area contributed by atoms with Crippen LogP contribution in [0.4, 0.5) is 0 Å². The maximum Gasteiger partial charge on any atom is 0.00104 e. The molecule has 1 unspecified atom stereocenters. The van der Waals surface area contributed by atoms with Crippen LogP contribution in [0.3, 0.4) is 0 Å². The fraction of sp³-hybridized carbons (Fsp3) is 1.00. The Labute approximate surface area is 90.7 Å². The van der Waals surface area contributed by atoms with Gasteiger partial charge in [-0.1, -0.05) is 53.4 Å². The molecule has 1 heteroatoms. The fourth-order valence-corrected chi connectivity index (χ4v) is 1.84. The lowest BCUT2D eigenvalue weighted by molar-refractivity contribution is 0.384. The van der Waals surface area contributed by atoms with Gasteiger partial charge in [0, 0.05) is 6.04 Å². The van der Waals surface area contributed by atoms with Crippen molar-refractivity contribution in [3.63, 3.8) is 0 Å². The summed E-state index contributed by atoms with van der Waals surface area (Å²) in [6.07, 6.45) is 8.31. The minimum atomic E-state index is 0.639. The molecular formula is C13H29N. The van der Waals surface area contributed by atoms with E-state index in [9.17, 15) is 0 Å². The SMILES string of the molecule is CCCCCC(CCC)CNC(C)C. The van der Waals surface area contributed by atoms with Gasteiger partial charge in [0.15, 0.2) is 0 Å². The predicted octanol–water partition coefficient (Wildman–Crippen LogP) is 3.98. The molecule has 0 amide bonds. The molecule has 0 radical (unpaired) electrons. The third-order valence-corrected chi connectivity index (χ3v) is 2.73. The van der Waals surface area contributed by atoms with Gasteiger partial charge in [-0.2, -0.15) is 0 Å². The van der Waals surface area contributed by atoms with Crippen molar-refractivity contribution in [2.75, 3.05) is 6.54 Å². The van der Waals surface area contributed by atoms with Gasteiger partial charge in [0.05, 0.1) is 0 Å². The normalized spacial score (nSPS) is 13.5. The zero-order chi connectivity index (χ0) is 10.8. The first kappa shape index (κ1) is 14.0. The smallest absolute Gasteiger partial charge is 0.00104 e. The van der Waals surface area contributed by atoms with Gasteiger partial charge >= 0.3 is 0 Å². The van der Waals surface area contributed by atoms with E-state index < -0.39 is 0 Å². The van der Waals surface area contributed by atoms with E-state index in [4.69, 9.17) is 0 Å². The summed E-state index contributed by atoms with van der Waals surface area (Å²) >= 11 is 0. The highest BCUT2D eigenvalue weighted by molar-refractivity contribution is 4.64. The van der Waals surface area contributed by atoms with Crippen LogP contribution in [0.5, 0.6) is 0 Å². The highest BCUT2D eigenvalue weighted by Gasteiger charge is 2.07. The largest absolute Gasteiger partial charge is 0.314 e. The molecule has 0 spiro atoms. The molecule has 0 bridgehead atoms. The molecule has 0 aromatic carbocycles. The van der Waals surface area contributed by atoms with E-state index >= 15 is 0 Å². The predicted molar refractivity (Wildman–Crippen MR) is 65.7 cm³/mol. The quantitative estimate of drug-likeness (QED) is 0.554. The van der Waals surface area contributed by atoms with Crippen molar-refractivity contribution < 1.29 is 0 Å². The van der Waals surface area contributed by atoms with E-state index in [0.29, 0.717) is 6.04 Å². The van der Waals surface area contributed by atoms with Gasteiger partial charge in [-0.15, -0.1) is 0 Å². The van der Waals surface area contributed by atoms with Gasteiger partial charge in [-0.05, 0) is 25.3 Å². The Bertz CT molecular complexity index is 110. The molecule has 1 N–H and O–H groups in total. The Morgan fingerprint density at radius 2 is 1.64 bits per heavy atom. The average Bonchev–Trinajstić information content (AvgIpc) is 2.14. The molecular weight excluding hydrogens is 170 g/mol. The van der Waals surface area contributed by atoms with Crippen LogP contribution in [-0.4, -0.2) is 12.6 Å². The first-order valence-electron chi connectivity index (χ1n) is 6.44. The number of nitrogens with one attached hydrogen (secondary N) is 1. The zero-order valence-corrected chi connectivity index (χ0v) is 10.6. The maximum absolute atomic E-state index is 3.56. The second kappa shape index (κ2) is 9.51. The van der Waals surface area contributed by atoms with Crippen molar-refractivity contribution in [3.8, 4) is 0 Å². The van der Waals surface area contributed by atoms with Gasteiger partial charge < -0.3 is 5.32 Å². The van der Waals surface area contributed by atoms with E-state index in [1.165, 1.54) is 45.1 Å². The van der Waals surface area contributed by atoms with Gasteiger partial charge in [0.25, 0.3) is 0 Å². The summed E-state index contributed by atoms with van der Waals surface area (Å²) in [4.78, 5) is 0. The summed E-state index contributed by atoms with van der Waals surface area (Å²) in [5, 5.41) is 3.56. The number of unbranched alkanes of at least 4 members (excludes halogenated alkanes) is 2. The highest BCUT2D eigenvalue weighted by atomic mass is 14.9. The van der Waals surface area contributed by atoms with Crippen LogP contribution in [0.1, 0.15) is 66.2 Å². The van der Waals surface area contributed by atoms with Crippen LogP contribution in [0.15, 0.2) is 0 Å². The molecule has 1 atom stereocenters. The Balaban J connectivity index is 3.54. The van der Waals surface area contributed by atoms with Crippen molar-refractivity contribution in [2.24, 2.45) is 5.92 Å². The molecule has 0 aliphatic heterocycles. The summed E-state index contributed by atoms with van der Waals surface area (Å²) in [5.41, 5.74) is 0. The van der Waals surface area contributed by atoms with Crippen LogP contribution >= 0.6 is 0 Å². The molecule has 0 saturated heterocycles. The molecule has 14 heavy (non-hydrogen) atoms. The van der Waals surface area contributed by atoms with Crippen molar-refractivity contribution in [1.29, 1.82) is 0 Å². The summed E-state index contributed by atoms with van der Waals surface area (Å²) in [6.45, 7) is 10.3. The van der Waals surface area contributed by atoms with Crippen molar-refractivity contribution >= 4 is 0 Å². The van der Waals surface area contributed by atoms with Crippen LogP contribution in [0, 0.1) is 5.92 Å². The van der Waals surface area contributed by atoms with E-state index in [-0.39, 0.29) is 0 Å². The molecule has 0 saturated carbocycles. The van der Waals surface area contributed by atoms with Crippen LogP contribution in [-0.2, 0) is 0 Å². The topological polar surface area (TPSA) is 12.0 Å². The summed E-state index contributed by atoms with van der Waals surface area (Å²) in [6, 6.07) is 0.639. The lowest BCUT2D eigenvalue weighted by Crippen LogP contribution is -2.29. The van der Waals surface area contributed by atoms with Gasteiger partial charge in [0.1, 0.15) is 0 Å².